The van der Waals surface area contributed by atoms with Crippen LogP contribution in [0.25, 0.3) is 11.3 Å². The number of ether oxygens (including phenoxy) is 1. The monoisotopic (exact) mass is 257 g/mol. The van der Waals surface area contributed by atoms with Gasteiger partial charge in [0.15, 0.2) is 0 Å². The summed E-state index contributed by atoms with van der Waals surface area (Å²) in [7, 11) is 1.86. The summed E-state index contributed by atoms with van der Waals surface area (Å²) in [5.41, 5.74) is 3.00. The highest BCUT2D eigenvalue weighted by molar-refractivity contribution is 5.68. The molecule has 0 aliphatic carbocycles. The Balaban J connectivity index is 2.42. The Morgan fingerprint density at radius 2 is 2.00 bits per heavy atom. The van der Waals surface area contributed by atoms with E-state index in [1.54, 1.807) is 6.33 Å². The second kappa shape index (κ2) is 5.69. The van der Waals surface area contributed by atoms with E-state index in [1.165, 1.54) is 0 Å². The summed E-state index contributed by atoms with van der Waals surface area (Å²) in [6.45, 7) is 6.04. The van der Waals surface area contributed by atoms with Crippen molar-refractivity contribution in [1.82, 2.24) is 9.97 Å². The molecule has 4 heteroatoms. The molecule has 0 aliphatic rings. The number of benzene rings is 1. The van der Waals surface area contributed by atoms with Gasteiger partial charge in [0.25, 0.3) is 0 Å². The smallest absolute Gasteiger partial charge is 0.132 e. The highest BCUT2D eigenvalue weighted by Gasteiger charge is 2.09. The van der Waals surface area contributed by atoms with E-state index in [1.807, 2.05) is 52.1 Å². The zero-order chi connectivity index (χ0) is 13.8. The lowest BCUT2D eigenvalue weighted by Gasteiger charge is -2.12. The molecule has 2 aromatic rings. The van der Waals surface area contributed by atoms with Gasteiger partial charge in [-0.25, -0.2) is 9.97 Å². The maximum absolute atomic E-state index is 5.71. The Hall–Kier alpha value is -2.10. The second-order valence-electron chi connectivity index (χ2n) is 4.64. The molecule has 0 bridgehead atoms. The van der Waals surface area contributed by atoms with Crippen LogP contribution in [0.2, 0.25) is 0 Å². The largest absolute Gasteiger partial charge is 0.491 e. The third kappa shape index (κ3) is 3.02. The number of hydrogen-bond donors (Lipinski definition) is 1. The lowest BCUT2D eigenvalue weighted by molar-refractivity contribution is 0.242. The molecule has 0 saturated carbocycles. The Morgan fingerprint density at radius 1 is 1.21 bits per heavy atom. The van der Waals surface area contributed by atoms with Crippen molar-refractivity contribution in [3.8, 4) is 17.0 Å². The summed E-state index contributed by atoms with van der Waals surface area (Å²) < 4.78 is 5.71. The molecule has 4 nitrogen and oxygen atoms in total. The van der Waals surface area contributed by atoms with E-state index in [-0.39, 0.29) is 6.10 Å². The highest BCUT2D eigenvalue weighted by atomic mass is 16.5. The third-order valence-electron chi connectivity index (χ3n) is 2.80. The lowest BCUT2D eigenvalue weighted by atomic mass is 10.1. The summed E-state index contributed by atoms with van der Waals surface area (Å²) in [6, 6.07) is 7.98. The summed E-state index contributed by atoms with van der Waals surface area (Å²) in [5, 5.41) is 3.07. The molecule has 0 fully saturated rings. The van der Waals surface area contributed by atoms with Crippen molar-refractivity contribution >= 4 is 5.82 Å². The summed E-state index contributed by atoms with van der Waals surface area (Å²) >= 11 is 0. The Labute approximate surface area is 113 Å². The van der Waals surface area contributed by atoms with Crippen LogP contribution in [-0.4, -0.2) is 23.1 Å². The number of rotatable bonds is 4. The average molecular weight is 257 g/mol. The minimum atomic E-state index is 0.162. The normalized spacial score (nSPS) is 10.6. The molecular formula is C15H19N3O. The first-order chi connectivity index (χ1) is 9.11. The van der Waals surface area contributed by atoms with Gasteiger partial charge in [0.2, 0.25) is 0 Å². The van der Waals surface area contributed by atoms with Crippen LogP contribution in [0.4, 0.5) is 5.82 Å². The van der Waals surface area contributed by atoms with Crippen molar-refractivity contribution in [2.24, 2.45) is 0 Å². The molecule has 0 amide bonds. The van der Waals surface area contributed by atoms with Crippen LogP contribution in [0.1, 0.15) is 19.4 Å². The van der Waals surface area contributed by atoms with Gasteiger partial charge in [-0.05, 0) is 32.9 Å². The quantitative estimate of drug-likeness (QED) is 0.913. The molecule has 0 spiro atoms. The number of anilines is 1. The zero-order valence-electron chi connectivity index (χ0n) is 11.8. The van der Waals surface area contributed by atoms with Gasteiger partial charge < -0.3 is 10.1 Å². The minimum absolute atomic E-state index is 0.162. The van der Waals surface area contributed by atoms with Gasteiger partial charge in [-0.15, -0.1) is 0 Å². The number of hydrogen-bond acceptors (Lipinski definition) is 4. The molecular weight excluding hydrogens is 238 g/mol. The minimum Gasteiger partial charge on any atom is -0.491 e. The van der Waals surface area contributed by atoms with Crippen LogP contribution < -0.4 is 10.1 Å². The average Bonchev–Trinajstić information content (AvgIpc) is 2.38. The molecule has 0 saturated heterocycles. The molecule has 19 heavy (non-hydrogen) atoms. The first-order valence-corrected chi connectivity index (χ1v) is 6.38. The molecule has 1 N–H and O–H groups in total. The molecule has 0 radical (unpaired) electrons. The van der Waals surface area contributed by atoms with Crippen molar-refractivity contribution < 1.29 is 4.74 Å². The summed E-state index contributed by atoms with van der Waals surface area (Å²) in [6.07, 6.45) is 1.74. The van der Waals surface area contributed by atoms with Crippen LogP contribution >= 0.6 is 0 Å². The van der Waals surface area contributed by atoms with Gasteiger partial charge >= 0.3 is 0 Å². The molecule has 0 atom stereocenters. The maximum Gasteiger partial charge on any atom is 0.132 e. The summed E-state index contributed by atoms with van der Waals surface area (Å²) in [4.78, 5) is 8.57. The van der Waals surface area contributed by atoms with Crippen molar-refractivity contribution in [1.29, 1.82) is 0 Å². The SMILES string of the molecule is CNc1ncnc(-c2cccc(OC(C)C)c2)c1C. The lowest BCUT2D eigenvalue weighted by Crippen LogP contribution is -2.05. The fourth-order valence-electron chi connectivity index (χ4n) is 1.98. The van der Waals surface area contributed by atoms with E-state index in [9.17, 15) is 0 Å². The predicted octanol–water partition coefficient (Wildman–Crippen LogP) is 3.28. The molecule has 1 aromatic heterocycles. The molecule has 0 aliphatic heterocycles. The van der Waals surface area contributed by atoms with Crippen molar-refractivity contribution in [3.63, 3.8) is 0 Å². The Bertz CT molecular complexity index is 567. The van der Waals surface area contributed by atoms with Gasteiger partial charge in [0.05, 0.1) is 11.8 Å². The first kappa shape index (κ1) is 13.3. The van der Waals surface area contributed by atoms with Crippen LogP contribution in [0.3, 0.4) is 0 Å². The summed E-state index contributed by atoms with van der Waals surface area (Å²) in [5.74, 6) is 1.71. The van der Waals surface area contributed by atoms with Crippen LogP contribution in [0.5, 0.6) is 5.75 Å². The van der Waals surface area contributed by atoms with Gasteiger partial charge in [-0.1, -0.05) is 12.1 Å². The molecule has 0 unspecified atom stereocenters. The second-order valence-corrected chi connectivity index (χ2v) is 4.64. The number of aromatic nitrogens is 2. The number of nitrogens with one attached hydrogen (secondary N) is 1. The van der Waals surface area contributed by atoms with E-state index in [0.29, 0.717) is 0 Å². The third-order valence-corrected chi connectivity index (χ3v) is 2.80. The standard InChI is InChI=1S/C15H19N3O/c1-10(2)19-13-7-5-6-12(8-13)14-11(3)15(16-4)18-9-17-14/h5-10H,1-4H3,(H,16,17,18). The predicted molar refractivity (Wildman–Crippen MR) is 77.5 cm³/mol. The van der Waals surface area contributed by atoms with E-state index < -0.39 is 0 Å². The highest BCUT2D eigenvalue weighted by Crippen LogP contribution is 2.27. The van der Waals surface area contributed by atoms with Gasteiger partial charge in [-0.2, -0.15) is 0 Å². The zero-order valence-corrected chi connectivity index (χ0v) is 11.8. The molecule has 100 valence electrons. The van der Waals surface area contributed by atoms with Crippen molar-refractivity contribution in [2.45, 2.75) is 26.9 Å². The van der Waals surface area contributed by atoms with Crippen LogP contribution in [-0.2, 0) is 0 Å². The van der Waals surface area contributed by atoms with Gasteiger partial charge in [0.1, 0.15) is 17.9 Å². The van der Waals surface area contributed by atoms with Gasteiger partial charge in [-0.3, -0.25) is 0 Å². The van der Waals surface area contributed by atoms with Gasteiger partial charge in [0, 0.05) is 18.2 Å². The van der Waals surface area contributed by atoms with E-state index in [0.717, 1.165) is 28.4 Å². The topological polar surface area (TPSA) is 47.0 Å². The maximum atomic E-state index is 5.71. The van der Waals surface area contributed by atoms with Crippen LogP contribution in [0, 0.1) is 6.92 Å². The van der Waals surface area contributed by atoms with E-state index >= 15 is 0 Å². The molecule has 1 heterocycles. The Morgan fingerprint density at radius 3 is 2.68 bits per heavy atom. The molecule has 2 rings (SSSR count). The first-order valence-electron chi connectivity index (χ1n) is 6.38. The fraction of sp³-hybridized carbons (Fsp3) is 0.333. The van der Waals surface area contributed by atoms with Crippen molar-refractivity contribution in [2.75, 3.05) is 12.4 Å². The van der Waals surface area contributed by atoms with E-state index in [4.69, 9.17) is 4.74 Å². The van der Waals surface area contributed by atoms with Crippen LogP contribution in [0.15, 0.2) is 30.6 Å². The fourth-order valence-corrected chi connectivity index (χ4v) is 1.98. The Kier molecular flexibility index (Phi) is 4.00. The van der Waals surface area contributed by atoms with Crippen molar-refractivity contribution in [3.05, 3.63) is 36.2 Å². The number of nitrogens with zero attached hydrogens (tertiary/aromatic N) is 2. The molecule has 1 aromatic carbocycles. The van der Waals surface area contributed by atoms with E-state index in [2.05, 4.69) is 15.3 Å².